The van der Waals surface area contributed by atoms with Gasteiger partial charge >= 0.3 is 6.03 Å². The molecule has 0 aromatic heterocycles. The molecule has 3 amide bonds. The highest BCUT2D eigenvalue weighted by molar-refractivity contribution is 6.30. The van der Waals surface area contributed by atoms with Crippen LogP contribution in [0.25, 0.3) is 0 Å². The molecule has 0 bridgehead atoms. The van der Waals surface area contributed by atoms with Crippen molar-refractivity contribution in [2.45, 2.75) is 39.7 Å². The molecule has 23 heavy (non-hydrogen) atoms. The van der Waals surface area contributed by atoms with E-state index in [2.05, 4.69) is 29.8 Å². The normalized spacial score (nSPS) is 12.0. The summed E-state index contributed by atoms with van der Waals surface area (Å²) < 4.78 is 0. The maximum Gasteiger partial charge on any atom is 0.321 e. The van der Waals surface area contributed by atoms with Gasteiger partial charge in [-0.25, -0.2) is 4.79 Å². The van der Waals surface area contributed by atoms with Gasteiger partial charge in [-0.15, -0.1) is 0 Å². The maximum absolute atomic E-state index is 11.8. The number of hydrogen-bond acceptors (Lipinski definition) is 3. The Labute approximate surface area is 143 Å². The monoisotopic (exact) mass is 339 g/mol. The van der Waals surface area contributed by atoms with Crippen LogP contribution in [0.2, 0.25) is 5.02 Å². The van der Waals surface area contributed by atoms with E-state index in [-0.39, 0.29) is 18.5 Å². The zero-order valence-corrected chi connectivity index (χ0v) is 14.7. The molecule has 0 fully saturated rings. The third-order valence-corrected chi connectivity index (χ3v) is 3.70. The third kappa shape index (κ3) is 7.48. The summed E-state index contributed by atoms with van der Waals surface area (Å²) in [6.07, 6.45) is 1.89. The number of unbranched alkanes of at least 4 members (excludes halogenated alkanes) is 1. The topological polar surface area (TPSA) is 70.2 Å². The summed E-state index contributed by atoms with van der Waals surface area (Å²) in [5.41, 5.74) is 1.06. The van der Waals surface area contributed by atoms with Crippen LogP contribution in [0.1, 0.15) is 45.2 Å². The molecular formula is C17H26ClN3O2. The lowest BCUT2D eigenvalue weighted by Crippen LogP contribution is -2.44. The van der Waals surface area contributed by atoms with Crippen LogP contribution < -0.4 is 16.0 Å². The Balaban J connectivity index is 2.47. The second kappa shape index (κ2) is 10.2. The highest BCUT2D eigenvalue weighted by Crippen LogP contribution is 2.22. The molecule has 0 spiro atoms. The van der Waals surface area contributed by atoms with Crippen LogP contribution in [0.15, 0.2) is 24.3 Å². The number of benzene rings is 1. The Hall–Kier alpha value is -1.59. The van der Waals surface area contributed by atoms with Gasteiger partial charge in [-0.05, 0) is 30.0 Å². The molecular weight excluding hydrogens is 314 g/mol. The molecule has 0 aliphatic rings. The van der Waals surface area contributed by atoms with E-state index < -0.39 is 6.03 Å². The molecule has 5 nitrogen and oxygen atoms in total. The molecule has 0 heterocycles. The Morgan fingerprint density at radius 3 is 2.39 bits per heavy atom. The summed E-state index contributed by atoms with van der Waals surface area (Å²) in [4.78, 5) is 23.4. The van der Waals surface area contributed by atoms with Crippen LogP contribution in [-0.4, -0.2) is 25.0 Å². The number of imide groups is 1. The summed E-state index contributed by atoms with van der Waals surface area (Å²) in [7, 11) is 0. The van der Waals surface area contributed by atoms with Gasteiger partial charge in [0.25, 0.3) is 0 Å². The largest absolute Gasteiger partial charge is 0.338 e. The number of rotatable bonds is 8. The van der Waals surface area contributed by atoms with Crippen molar-refractivity contribution in [3.05, 3.63) is 34.9 Å². The van der Waals surface area contributed by atoms with Gasteiger partial charge in [0.05, 0.1) is 6.54 Å². The fourth-order valence-corrected chi connectivity index (χ4v) is 2.33. The Kier molecular flexibility index (Phi) is 8.66. The first-order chi connectivity index (χ1) is 10.9. The lowest BCUT2D eigenvalue weighted by molar-refractivity contribution is -0.119. The summed E-state index contributed by atoms with van der Waals surface area (Å²) in [5, 5.41) is 8.84. The van der Waals surface area contributed by atoms with E-state index in [1.54, 1.807) is 0 Å². The van der Waals surface area contributed by atoms with E-state index in [9.17, 15) is 9.59 Å². The molecule has 1 atom stereocenters. The van der Waals surface area contributed by atoms with Crippen molar-refractivity contribution in [1.82, 2.24) is 16.0 Å². The van der Waals surface area contributed by atoms with Gasteiger partial charge in [-0.3, -0.25) is 10.1 Å². The van der Waals surface area contributed by atoms with E-state index >= 15 is 0 Å². The molecule has 0 saturated carbocycles. The number of carbonyl (C=O) groups is 2. The van der Waals surface area contributed by atoms with Crippen molar-refractivity contribution in [3.8, 4) is 0 Å². The van der Waals surface area contributed by atoms with Gasteiger partial charge in [0.15, 0.2) is 0 Å². The van der Waals surface area contributed by atoms with Crippen LogP contribution in [-0.2, 0) is 4.79 Å². The summed E-state index contributed by atoms with van der Waals surface area (Å²) >= 11 is 5.90. The molecule has 1 aromatic rings. The Bertz CT molecular complexity index is 503. The molecule has 1 aromatic carbocycles. The Morgan fingerprint density at radius 2 is 1.83 bits per heavy atom. The lowest BCUT2D eigenvalue weighted by Gasteiger charge is -2.22. The number of amides is 3. The fourth-order valence-electron chi connectivity index (χ4n) is 2.20. The second-order valence-corrected chi connectivity index (χ2v) is 6.25. The minimum atomic E-state index is -0.446. The SMILES string of the molecule is CCCCNC(=O)NC(=O)CNC(c1ccc(Cl)cc1)C(C)C. The molecule has 1 unspecified atom stereocenters. The van der Waals surface area contributed by atoms with Gasteiger partial charge in [0.1, 0.15) is 0 Å². The zero-order chi connectivity index (χ0) is 17.2. The molecule has 0 aliphatic carbocycles. The maximum atomic E-state index is 11.8. The number of nitrogens with one attached hydrogen (secondary N) is 3. The van der Waals surface area contributed by atoms with Crippen LogP contribution in [0.3, 0.4) is 0 Å². The molecule has 0 aliphatic heterocycles. The molecule has 0 radical (unpaired) electrons. The van der Waals surface area contributed by atoms with E-state index in [1.807, 2.05) is 31.2 Å². The lowest BCUT2D eigenvalue weighted by atomic mass is 9.96. The average molecular weight is 340 g/mol. The first kappa shape index (κ1) is 19.5. The average Bonchev–Trinajstić information content (AvgIpc) is 2.49. The van der Waals surface area contributed by atoms with E-state index in [0.717, 1.165) is 18.4 Å². The highest BCUT2D eigenvalue weighted by atomic mass is 35.5. The molecule has 0 saturated heterocycles. The zero-order valence-electron chi connectivity index (χ0n) is 14.0. The second-order valence-electron chi connectivity index (χ2n) is 5.81. The number of carbonyl (C=O) groups excluding carboxylic acids is 2. The van der Waals surface area contributed by atoms with E-state index in [1.165, 1.54) is 0 Å². The van der Waals surface area contributed by atoms with Gasteiger partial charge in [0.2, 0.25) is 5.91 Å². The van der Waals surface area contributed by atoms with Crippen LogP contribution in [0.5, 0.6) is 0 Å². The van der Waals surface area contributed by atoms with Crippen molar-refractivity contribution in [2.24, 2.45) is 5.92 Å². The minimum Gasteiger partial charge on any atom is -0.338 e. The first-order valence-corrected chi connectivity index (χ1v) is 8.38. The first-order valence-electron chi connectivity index (χ1n) is 8.00. The van der Waals surface area contributed by atoms with Crippen LogP contribution >= 0.6 is 11.6 Å². The van der Waals surface area contributed by atoms with Gasteiger partial charge in [-0.1, -0.05) is 50.9 Å². The van der Waals surface area contributed by atoms with Crippen molar-refractivity contribution < 1.29 is 9.59 Å². The minimum absolute atomic E-state index is 0.0150. The van der Waals surface area contributed by atoms with Crippen molar-refractivity contribution in [2.75, 3.05) is 13.1 Å². The third-order valence-electron chi connectivity index (χ3n) is 3.45. The van der Waals surface area contributed by atoms with Crippen molar-refractivity contribution >= 4 is 23.5 Å². The predicted molar refractivity (Wildman–Crippen MR) is 93.5 cm³/mol. The van der Waals surface area contributed by atoms with Crippen LogP contribution in [0.4, 0.5) is 4.79 Å². The highest BCUT2D eigenvalue weighted by Gasteiger charge is 2.17. The Morgan fingerprint density at radius 1 is 1.17 bits per heavy atom. The van der Waals surface area contributed by atoms with Crippen molar-refractivity contribution in [3.63, 3.8) is 0 Å². The molecule has 3 N–H and O–H groups in total. The molecule has 128 valence electrons. The van der Waals surface area contributed by atoms with Crippen molar-refractivity contribution in [1.29, 1.82) is 0 Å². The molecule has 1 rings (SSSR count). The standard InChI is InChI=1S/C17H26ClN3O2/c1-4-5-10-19-17(23)21-15(22)11-20-16(12(2)3)13-6-8-14(18)9-7-13/h6-9,12,16,20H,4-5,10-11H2,1-3H3,(H2,19,21,22,23). The predicted octanol–water partition coefficient (Wildman–Crippen LogP) is 3.25. The van der Waals surface area contributed by atoms with Gasteiger partial charge in [-0.2, -0.15) is 0 Å². The number of hydrogen-bond donors (Lipinski definition) is 3. The smallest absolute Gasteiger partial charge is 0.321 e. The number of urea groups is 1. The van der Waals surface area contributed by atoms with Gasteiger partial charge < -0.3 is 10.6 Å². The molecule has 6 heteroatoms. The van der Waals surface area contributed by atoms with Gasteiger partial charge in [0, 0.05) is 17.6 Å². The quantitative estimate of drug-likeness (QED) is 0.637. The van der Waals surface area contributed by atoms with E-state index in [0.29, 0.717) is 17.5 Å². The summed E-state index contributed by atoms with van der Waals surface area (Å²) in [6, 6.07) is 7.11. The summed E-state index contributed by atoms with van der Waals surface area (Å²) in [5.74, 6) is -0.0547. The van der Waals surface area contributed by atoms with E-state index in [4.69, 9.17) is 11.6 Å². The summed E-state index contributed by atoms with van der Waals surface area (Å²) in [6.45, 7) is 6.83. The fraction of sp³-hybridized carbons (Fsp3) is 0.529. The van der Waals surface area contributed by atoms with Crippen LogP contribution in [0, 0.1) is 5.92 Å². The number of halogens is 1.